The zero-order valence-electron chi connectivity index (χ0n) is 17.0. The predicted octanol–water partition coefficient (Wildman–Crippen LogP) is 5.69. The summed E-state index contributed by atoms with van der Waals surface area (Å²) in [5.41, 5.74) is -5.99. The van der Waals surface area contributed by atoms with E-state index in [1.165, 1.54) is 6.07 Å². The fourth-order valence-electron chi connectivity index (χ4n) is 5.11. The maximum Gasteiger partial charge on any atom is 0.435 e. The summed E-state index contributed by atoms with van der Waals surface area (Å²) in [5.74, 6) is 1.78. The first-order chi connectivity index (χ1) is 14.9. The van der Waals surface area contributed by atoms with Gasteiger partial charge in [-0.15, -0.1) is 0 Å². The highest BCUT2D eigenvalue weighted by Gasteiger charge is 2.73. The van der Waals surface area contributed by atoms with Crippen molar-refractivity contribution in [2.75, 3.05) is 18.1 Å². The van der Waals surface area contributed by atoms with Crippen LogP contribution in [0.25, 0.3) is 0 Å². The Hall–Kier alpha value is -1.65. The number of amides is 2. The maximum absolute atomic E-state index is 14.5. The highest BCUT2D eigenvalue weighted by atomic mass is 32.2. The fourth-order valence-corrected chi connectivity index (χ4v) is 6.22. The molecule has 0 bridgehead atoms. The van der Waals surface area contributed by atoms with Crippen LogP contribution in [-0.2, 0) is 12.1 Å². The normalized spacial score (nSPS) is 24.8. The minimum absolute atomic E-state index is 0.114. The Kier molecular flexibility index (Phi) is 6.09. The highest BCUT2D eigenvalue weighted by molar-refractivity contribution is 7.99. The summed E-state index contributed by atoms with van der Waals surface area (Å²) in [7, 11) is 0. The fraction of sp³-hybridized carbons (Fsp3) is 0.667. The number of urea groups is 1. The number of rotatable bonds is 2. The summed E-state index contributed by atoms with van der Waals surface area (Å²) >= 11 is 1.84. The second kappa shape index (κ2) is 8.29. The number of hydrogen-bond acceptors (Lipinski definition) is 2. The minimum atomic E-state index is -6.13. The SMILES string of the molecule is O=C(NC1CCSCC1)N1CCC2c3ccc(C(F)(C(F)(F)F)C(F)(F)F)cc3CCC21. The molecule has 1 aromatic rings. The Balaban J connectivity index is 1.55. The first-order valence-electron chi connectivity index (χ1n) is 10.5. The molecule has 178 valence electrons. The van der Waals surface area contributed by atoms with E-state index in [-0.39, 0.29) is 36.0 Å². The lowest BCUT2D eigenvalue weighted by molar-refractivity contribution is -0.348. The Morgan fingerprint density at radius 3 is 2.25 bits per heavy atom. The van der Waals surface area contributed by atoms with Gasteiger partial charge in [-0.05, 0) is 54.7 Å². The lowest BCUT2D eigenvalue weighted by Crippen LogP contribution is -2.50. The van der Waals surface area contributed by atoms with Crippen LogP contribution in [-0.4, -0.2) is 53.4 Å². The van der Waals surface area contributed by atoms with Gasteiger partial charge in [-0.2, -0.15) is 38.1 Å². The smallest absolute Gasteiger partial charge is 0.335 e. The molecule has 2 saturated heterocycles. The first kappa shape index (κ1) is 23.5. The van der Waals surface area contributed by atoms with Gasteiger partial charge >= 0.3 is 24.1 Å². The van der Waals surface area contributed by atoms with Gasteiger partial charge in [-0.25, -0.2) is 9.18 Å². The van der Waals surface area contributed by atoms with Crippen molar-refractivity contribution in [3.8, 4) is 0 Å². The molecule has 2 amide bonds. The molecule has 2 fully saturated rings. The molecular weight excluding hydrogens is 461 g/mol. The zero-order valence-corrected chi connectivity index (χ0v) is 17.8. The number of likely N-dealkylation sites (tertiary alicyclic amines) is 1. The van der Waals surface area contributed by atoms with Crippen LogP contribution in [0.3, 0.4) is 0 Å². The van der Waals surface area contributed by atoms with Crippen LogP contribution in [0.15, 0.2) is 18.2 Å². The van der Waals surface area contributed by atoms with Crippen molar-refractivity contribution in [2.45, 2.75) is 68.1 Å². The van der Waals surface area contributed by atoms with Crippen LogP contribution in [0.2, 0.25) is 0 Å². The molecule has 2 unspecified atom stereocenters. The molecular formula is C21H23F7N2OS. The molecule has 4 rings (SSSR count). The third-order valence-corrected chi connectivity index (χ3v) is 7.84. The number of nitrogens with one attached hydrogen (secondary N) is 1. The number of fused-ring (bicyclic) bond motifs is 3. The van der Waals surface area contributed by atoms with E-state index in [4.69, 9.17) is 0 Å². The van der Waals surface area contributed by atoms with E-state index < -0.39 is 23.6 Å². The standard InChI is InChI=1S/C21H23F7N2OS/c22-19(20(23,24)25,21(26,27)28)13-2-3-15-12(11-13)1-4-17-16(15)5-8-30(17)18(31)29-14-6-9-32-10-7-14/h2-3,11,14,16-17H,1,4-10H2,(H,29,31). The number of hydrogen-bond donors (Lipinski definition) is 1. The summed E-state index contributed by atoms with van der Waals surface area (Å²) in [6, 6.07) is 2.23. The molecule has 2 aliphatic heterocycles. The van der Waals surface area contributed by atoms with E-state index >= 15 is 0 Å². The number of aryl methyl sites for hydroxylation is 1. The minimum Gasteiger partial charge on any atom is -0.335 e. The average molecular weight is 484 g/mol. The summed E-state index contributed by atoms with van der Waals surface area (Å²) in [6.45, 7) is 0.460. The lowest BCUT2D eigenvalue weighted by Gasteiger charge is -2.36. The average Bonchev–Trinajstić information content (AvgIpc) is 3.16. The second-order valence-corrected chi connectivity index (χ2v) is 9.82. The number of nitrogens with zero attached hydrogens (tertiary/aromatic N) is 1. The predicted molar refractivity (Wildman–Crippen MR) is 106 cm³/mol. The number of carbonyl (C=O) groups is 1. The Morgan fingerprint density at radius 1 is 0.969 bits per heavy atom. The molecule has 3 nitrogen and oxygen atoms in total. The molecule has 32 heavy (non-hydrogen) atoms. The van der Waals surface area contributed by atoms with Gasteiger partial charge in [0.25, 0.3) is 0 Å². The third kappa shape index (κ3) is 3.94. The number of alkyl halides is 7. The van der Waals surface area contributed by atoms with E-state index in [1.54, 1.807) is 4.90 Å². The number of carbonyl (C=O) groups excluding carboxylic acids is 1. The molecule has 0 saturated carbocycles. The van der Waals surface area contributed by atoms with E-state index in [0.29, 0.717) is 37.1 Å². The van der Waals surface area contributed by atoms with Crippen LogP contribution >= 0.6 is 11.8 Å². The van der Waals surface area contributed by atoms with Crippen molar-refractivity contribution < 1.29 is 35.5 Å². The van der Waals surface area contributed by atoms with Crippen molar-refractivity contribution in [1.29, 1.82) is 0 Å². The molecule has 3 aliphatic rings. The van der Waals surface area contributed by atoms with Crippen LogP contribution in [0, 0.1) is 0 Å². The second-order valence-electron chi connectivity index (χ2n) is 8.60. The molecule has 1 N–H and O–H groups in total. The molecule has 2 heterocycles. The Bertz CT molecular complexity index is 853. The van der Waals surface area contributed by atoms with E-state index in [0.717, 1.165) is 24.3 Å². The van der Waals surface area contributed by atoms with E-state index in [1.807, 2.05) is 11.8 Å². The Labute approximate surface area is 185 Å². The van der Waals surface area contributed by atoms with Gasteiger partial charge in [0, 0.05) is 30.1 Å². The summed E-state index contributed by atoms with van der Waals surface area (Å²) in [4.78, 5) is 14.5. The number of benzene rings is 1. The van der Waals surface area contributed by atoms with Gasteiger partial charge in [-0.3, -0.25) is 0 Å². The van der Waals surface area contributed by atoms with Gasteiger partial charge < -0.3 is 10.2 Å². The summed E-state index contributed by atoms with van der Waals surface area (Å²) in [6.07, 6.45) is -9.32. The molecule has 1 aromatic carbocycles. The van der Waals surface area contributed by atoms with Crippen LogP contribution in [0.5, 0.6) is 0 Å². The van der Waals surface area contributed by atoms with E-state index in [2.05, 4.69) is 5.32 Å². The first-order valence-corrected chi connectivity index (χ1v) is 11.7. The molecule has 0 aromatic heterocycles. The monoisotopic (exact) mass is 484 g/mol. The van der Waals surface area contributed by atoms with Gasteiger partial charge in [0.05, 0.1) is 0 Å². The van der Waals surface area contributed by atoms with E-state index in [9.17, 15) is 35.5 Å². The van der Waals surface area contributed by atoms with Crippen LogP contribution in [0.4, 0.5) is 35.5 Å². The zero-order chi connectivity index (χ0) is 23.3. The van der Waals surface area contributed by atoms with Crippen molar-refractivity contribution >= 4 is 17.8 Å². The highest BCUT2D eigenvalue weighted by Crippen LogP contribution is 2.54. The van der Waals surface area contributed by atoms with Crippen molar-refractivity contribution in [1.82, 2.24) is 10.2 Å². The van der Waals surface area contributed by atoms with Gasteiger partial charge in [0.2, 0.25) is 0 Å². The van der Waals surface area contributed by atoms with Crippen molar-refractivity contribution in [2.24, 2.45) is 0 Å². The topological polar surface area (TPSA) is 32.3 Å². The summed E-state index contributed by atoms with van der Waals surface area (Å²) in [5, 5.41) is 3.05. The molecule has 1 aliphatic carbocycles. The third-order valence-electron chi connectivity index (χ3n) is 6.79. The number of thioether (sulfide) groups is 1. The lowest BCUT2D eigenvalue weighted by atomic mass is 9.77. The van der Waals surface area contributed by atoms with Crippen molar-refractivity contribution in [3.05, 3.63) is 34.9 Å². The van der Waals surface area contributed by atoms with Gasteiger partial charge in [0.15, 0.2) is 0 Å². The molecule has 0 spiro atoms. The van der Waals surface area contributed by atoms with Crippen molar-refractivity contribution in [3.63, 3.8) is 0 Å². The van der Waals surface area contributed by atoms with Gasteiger partial charge in [-0.1, -0.05) is 18.2 Å². The number of halogens is 7. The molecule has 0 radical (unpaired) electrons. The molecule has 11 heteroatoms. The Morgan fingerprint density at radius 2 is 1.62 bits per heavy atom. The quantitative estimate of drug-likeness (QED) is 0.548. The summed E-state index contributed by atoms with van der Waals surface area (Å²) < 4.78 is 93.2. The maximum atomic E-state index is 14.5. The van der Waals surface area contributed by atoms with Gasteiger partial charge in [0.1, 0.15) is 0 Å². The van der Waals surface area contributed by atoms with Crippen LogP contribution in [0.1, 0.15) is 48.3 Å². The molecule has 2 atom stereocenters. The van der Waals surface area contributed by atoms with Crippen LogP contribution < -0.4 is 5.32 Å². The largest absolute Gasteiger partial charge is 0.435 e.